The Labute approximate surface area is 209 Å². The van der Waals surface area contributed by atoms with Crippen molar-refractivity contribution in [2.45, 2.75) is 38.0 Å². The van der Waals surface area contributed by atoms with Crippen molar-refractivity contribution in [3.05, 3.63) is 59.2 Å². The summed E-state index contributed by atoms with van der Waals surface area (Å²) in [7, 11) is -0.143. The van der Waals surface area contributed by atoms with Gasteiger partial charge in [0.05, 0.1) is 29.4 Å². The lowest BCUT2D eigenvalue weighted by atomic mass is 10.0. The number of aryl methyl sites for hydroxylation is 1. The van der Waals surface area contributed by atoms with Gasteiger partial charge in [-0.15, -0.1) is 0 Å². The highest BCUT2D eigenvalue weighted by Gasteiger charge is 2.35. The first-order chi connectivity index (χ1) is 17.0. The normalized spacial score (nSPS) is 15.7. The molecule has 2 aromatic carbocycles. The first-order valence-electron chi connectivity index (χ1n) is 11.2. The van der Waals surface area contributed by atoms with Gasteiger partial charge in [-0.1, -0.05) is 12.1 Å². The molecule has 0 saturated carbocycles. The molecule has 4 rings (SSSR count). The molecular formula is C25H28FN3O6S. The summed E-state index contributed by atoms with van der Waals surface area (Å²) >= 11 is 0. The van der Waals surface area contributed by atoms with Crippen molar-refractivity contribution in [3.8, 4) is 16.9 Å². The summed E-state index contributed by atoms with van der Waals surface area (Å²) in [5, 5.41) is 4.50. The first kappa shape index (κ1) is 25.8. The molecule has 1 atom stereocenters. The molecule has 1 aliphatic heterocycles. The van der Waals surface area contributed by atoms with Crippen LogP contribution in [-0.4, -0.2) is 50.4 Å². The fourth-order valence-corrected chi connectivity index (χ4v) is 4.79. The zero-order valence-electron chi connectivity index (χ0n) is 20.7. The van der Waals surface area contributed by atoms with Crippen LogP contribution in [0.1, 0.15) is 23.9 Å². The van der Waals surface area contributed by atoms with Crippen LogP contribution in [0, 0.1) is 12.7 Å². The maximum atomic E-state index is 15.3. The number of aromatic nitrogens is 2. The molecule has 0 saturated heterocycles. The Morgan fingerprint density at radius 1 is 1.19 bits per heavy atom. The first-order valence-corrected chi connectivity index (χ1v) is 13.1. The summed E-state index contributed by atoms with van der Waals surface area (Å²) in [5.74, 6) is -1.03. The van der Waals surface area contributed by atoms with Crippen molar-refractivity contribution in [3.63, 3.8) is 0 Å². The number of anilines is 1. The monoisotopic (exact) mass is 517 g/mol. The summed E-state index contributed by atoms with van der Waals surface area (Å²) in [5.41, 5.74) is 3.41. The largest absolute Gasteiger partial charge is 0.476 e. The van der Waals surface area contributed by atoms with Gasteiger partial charge in [0.15, 0.2) is 27.5 Å². The molecule has 192 valence electrons. The van der Waals surface area contributed by atoms with Gasteiger partial charge < -0.3 is 19.1 Å². The Hall–Kier alpha value is -3.28. The molecule has 0 unspecified atom stereocenters. The quantitative estimate of drug-likeness (QED) is 0.334. The molecule has 2 heterocycles. The van der Waals surface area contributed by atoms with Gasteiger partial charge in [0.25, 0.3) is 5.91 Å². The van der Waals surface area contributed by atoms with E-state index in [0.717, 1.165) is 17.5 Å². The van der Waals surface area contributed by atoms with E-state index in [1.165, 1.54) is 30.2 Å². The lowest BCUT2D eigenvalue weighted by Gasteiger charge is -2.33. The second-order valence-electron chi connectivity index (χ2n) is 8.68. The van der Waals surface area contributed by atoms with Crippen LogP contribution in [0.4, 0.5) is 10.1 Å². The maximum absolute atomic E-state index is 15.3. The van der Waals surface area contributed by atoms with E-state index in [2.05, 4.69) is 5.10 Å². The minimum Gasteiger partial charge on any atom is -0.476 e. The number of amides is 1. The van der Waals surface area contributed by atoms with Gasteiger partial charge in [0, 0.05) is 31.7 Å². The minimum atomic E-state index is -3.46. The van der Waals surface area contributed by atoms with Gasteiger partial charge in [-0.05, 0) is 49.2 Å². The fraction of sp³-hybridized carbons (Fsp3) is 0.360. The third-order valence-electron chi connectivity index (χ3n) is 6.12. The topological polar surface area (TPSA) is 100.0 Å². The average Bonchev–Trinajstić information content (AvgIpc) is 3.09. The minimum absolute atomic E-state index is 0.0381. The van der Waals surface area contributed by atoms with Crippen molar-refractivity contribution >= 4 is 21.4 Å². The van der Waals surface area contributed by atoms with Crippen LogP contribution in [0.15, 0.2) is 41.3 Å². The second-order valence-corrected chi connectivity index (χ2v) is 10.7. The number of carbonyl (C=O) groups is 1. The molecule has 11 heteroatoms. The highest BCUT2D eigenvalue weighted by atomic mass is 32.2. The lowest BCUT2D eigenvalue weighted by molar-refractivity contribution is -0.125. The van der Waals surface area contributed by atoms with Crippen LogP contribution < -0.4 is 9.64 Å². The van der Waals surface area contributed by atoms with E-state index in [4.69, 9.17) is 14.2 Å². The number of ether oxygens (including phenoxy) is 3. The highest BCUT2D eigenvalue weighted by molar-refractivity contribution is 7.90. The van der Waals surface area contributed by atoms with Crippen molar-refractivity contribution in [1.29, 1.82) is 0 Å². The van der Waals surface area contributed by atoms with E-state index in [-0.39, 0.29) is 42.2 Å². The number of rotatable bonds is 8. The second kappa shape index (κ2) is 10.00. The van der Waals surface area contributed by atoms with Gasteiger partial charge in [0.2, 0.25) is 0 Å². The summed E-state index contributed by atoms with van der Waals surface area (Å²) in [6.45, 7) is 3.84. The van der Waals surface area contributed by atoms with E-state index in [0.29, 0.717) is 16.8 Å². The predicted octanol–water partition coefficient (Wildman–Crippen LogP) is 3.37. The van der Waals surface area contributed by atoms with E-state index >= 15 is 4.39 Å². The molecule has 3 aromatic rings. The Kier molecular flexibility index (Phi) is 7.17. The Morgan fingerprint density at radius 2 is 1.94 bits per heavy atom. The van der Waals surface area contributed by atoms with E-state index < -0.39 is 21.8 Å². The van der Waals surface area contributed by atoms with E-state index in [9.17, 15) is 13.2 Å². The van der Waals surface area contributed by atoms with Gasteiger partial charge in [-0.25, -0.2) is 12.8 Å². The number of hydrogen-bond acceptors (Lipinski definition) is 7. The number of benzene rings is 2. The zero-order chi connectivity index (χ0) is 26.2. The number of nitrogens with zero attached hydrogens (tertiary/aromatic N) is 3. The van der Waals surface area contributed by atoms with Crippen molar-refractivity contribution in [2.75, 3.05) is 25.1 Å². The van der Waals surface area contributed by atoms with Crippen LogP contribution in [-0.2, 0) is 44.3 Å². The predicted molar refractivity (Wildman–Crippen MR) is 131 cm³/mol. The van der Waals surface area contributed by atoms with Gasteiger partial charge >= 0.3 is 0 Å². The smallest absolute Gasteiger partial charge is 0.268 e. The Morgan fingerprint density at radius 3 is 2.64 bits per heavy atom. The lowest BCUT2D eigenvalue weighted by Crippen LogP contribution is -2.44. The molecular weight excluding hydrogens is 489 g/mol. The maximum Gasteiger partial charge on any atom is 0.268 e. The van der Waals surface area contributed by atoms with Crippen molar-refractivity contribution in [1.82, 2.24) is 9.78 Å². The Bertz CT molecular complexity index is 1420. The van der Waals surface area contributed by atoms with Crippen molar-refractivity contribution in [2.24, 2.45) is 7.05 Å². The molecule has 1 aliphatic rings. The molecule has 9 nitrogen and oxygen atoms in total. The average molecular weight is 518 g/mol. The third-order valence-corrected chi connectivity index (χ3v) is 7.23. The van der Waals surface area contributed by atoms with Crippen LogP contribution in [0.25, 0.3) is 11.1 Å². The van der Waals surface area contributed by atoms with Crippen molar-refractivity contribution < 1.29 is 31.8 Å². The number of hydrogen-bond donors (Lipinski definition) is 0. The molecule has 0 radical (unpaired) electrons. The summed E-state index contributed by atoms with van der Waals surface area (Å²) < 4.78 is 57.1. The third kappa shape index (κ3) is 4.99. The van der Waals surface area contributed by atoms with Gasteiger partial charge in [-0.3, -0.25) is 9.48 Å². The van der Waals surface area contributed by atoms with Gasteiger partial charge in [0.1, 0.15) is 6.79 Å². The molecule has 0 bridgehead atoms. The molecule has 0 N–H and O–H groups in total. The van der Waals surface area contributed by atoms with Crippen LogP contribution >= 0.6 is 0 Å². The Balaban J connectivity index is 1.79. The fourth-order valence-electron chi connectivity index (χ4n) is 4.12. The summed E-state index contributed by atoms with van der Waals surface area (Å²) in [4.78, 5) is 14.8. The van der Waals surface area contributed by atoms with Crippen LogP contribution in [0.3, 0.4) is 0 Å². The zero-order valence-corrected chi connectivity index (χ0v) is 21.6. The molecule has 1 amide bonds. The van der Waals surface area contributed by atoms with E-state index in [1.807, 2.05) is 6.92 Å². The van der Waals surface area contributed by atoms with E-state index in [1.54, 1.807) is 36.9 Å². The number of halogens is 1. The SMILES string of the molecule is COCOCc1nn(C)c(C)c1CN1C(=O)[C@@H](C)Oc2c(F)cc(-c3cccc(S(C)(=O)=O)c3)cc21. The molecule has 1 aromatic heterocycles. The van der Waals surface area contributed by atoms with Crippen LogP contribution in [0.2, 0.25) is 0 Å². The molecule has 0 spiro atoms. The molecule has 36 heavy (non-hydrogen) atoms. The standard InChI is InChI=1S/C25H28FN3O6S/c1-15-20(22(27-28(15)3)13-34-14-33-4)12-29-23-11-18(10-21(26)24(23)35-16(2)25(29)30)17-7-6-8-19(9-17)36(5,31)32/h6-11,16H,12-14H2,1-5H3/t16-/m1/s1. The summed E-state index contributed by atoms with van der Waals surface area (Å²) in [6, 6.07) is 9.15. The highest BCUT2D eigenvalue weighted by Crippen LogP contribution is 2.41. The molecule has 0 fully saturated rings. The summed E-state index contributed by atoms with van der Waals surface area (Å²) in [6.07, 6.45) is 0.218. The molecule has 0 aliphatic carbocycles. The number of sulfone groups is 1. The van der Waals surface area contributed by atoms with Gasteiger partial charge in [-0.2, -0.15) is 5.10 Å². The number of fused-ring (bicyclic) bond motifs is 1. The number of methoxy groups -OCH3 is 1. The van der Waals surface area contributed by atoms with Crippen LogP contribution in [0.5, 0.6) is 5.75 Å². The number of carbonyl (C=O) groups excluding carboxylic acids is 1.